The fourth-order valence-electron chi connectivity index (χ4n) is 6.44. The largest absolute Gasteiger partial charge is 0.274 e. The van der Waals surface area contributed by atoms with E-state index in [1.165, 1.54) is 49.9 Å². The van der Waals surface area contributed by atoms with Gasteiger partial charge in [0, 0.05) is 23.2 Å². The van der Waals surface area contributed by atoms with Crippen LogP contribution < -0.4 is 0 Å². The van der Waals surface area contributed by atoms with Gasteiger partial charge in [0.1, 0.15) is 11.2 Å². The van der Waals surface area contributed by atoms with Gasteiger partial charge < -0.3 is 0 Å². The van der Waals surface area contributed by atoms with Crippen LogP contribution in [0.2, 0.25) is 0 Å². The Kier molecular flexibility index (Phi) is 3.11. The third kappa shape index (κ3) is 2.15. The second-order valence-corrected chi connectivity index (χ2v) is 9.69. The number of hydrogen-bond acceptors (Lipinski definition) is 3. The van der Waals surface area contributed by atoms with Gasteiger partial charge in [-0.3, -0.25) is 9.38 Å². The summed E-state index contributed by atoms with van der Waals surface area (Å²) in [7, 11) is 0. The normalized spacial score (nSPS) is 13.5. The highest BCUT2D eigenvalue weighted by atomic mass is 15.1. The highest BCUT2D eigenvalue weighted by Gasteiger charge is 2.28. The number of benzene rings is 3. The molecule has 2 aliphatic rings. The second kappa shape index (κ2) is 6.10. The maximum absolute atomic E-state index is 5.03. The highest BCUT2D eigenvalue weighted by molar-refractivity contribution is 6.19. The fourth-order valence-corrected chi connectivity index (χ4v) is 6.44. The molecule has 4 nitrogen and oxygen atoms in total. The smallest absolute Gasteiger partial charge is 0.165 e. The van der Waals surface area contributed by atoms with Gasteiger partial charge in [-0.25, -0.2) is 9.97 Å². The Hall–Kier alpha value is -4.57. The van der Waals surface area contributed by atoms with E-state index in [-0.39, 0.29) is 0 Å². The number of hydrogen-bond donors (Lipinski definition) is 0. The van der Waals surface area contributed by atoms with Gasteiger partial charge in [0.05, 0.1) is 11.0 Å². The van der Waals surface area contributed by atoms with Gasteiger partial charge in [-0.1, -0.05) is 36.4 Å². The van der Waals surface area contributed by atoms with Crippen molar-refractivity contribution in [3.05, 3.63) is 107 Å². The summed E-state index contributed by atoms with van der Waals surface area (Å²) in [4.78, 5) is 14.6. The van der Waals surface area contributed by atoms with Crippen molar-refractivity contribution in [1.29, 1.82) is 0 Å². The minimum atomic E-state index is 0.874. The summed E-state index contributed by atoms with van der Waals surface area (Å²) >= 11 is 0. The van der Waals surface area contributed by atoms with Gasteiger partial charge in [0.2, 0.25) is 0 Å². The molecule has 7 aromatic rings. The zero-order valence-corrected chi connectivity index (χ0v) is 18.8. The molecule has 9 rings (SSSR count). The van der Waals surface area contributed by atoms with Crippen LogP contribution in [0.1, 0.15) is 22.3 Å². The molecule has 0 atom stereocenters. The Morgan fingerprint density at radius 2 is 1.46 bits per heavy atom. The van der Waals surface area contributed by atoms with Gasteiger partial charge in [-0.2, -0.15) is 0 Å². The SMILES string of the molecule is c1ccc2c(c1)Cc1cc3c(cc1-2)Cc1ccc2c(c1-3)c1ncccc1n1c3ncccc3nc21. The van der Waals surface area contributed by atoms with E-state index in [4.69, 9.17) is 9.97 Å². The summed E-state index contributed by atoms with van der Waals surface area (Å²) in [6.07, 6.45) is 5.68. The first-order chi connectivity index (χ1) is 17.3. The van der Waals surface area contributed by atoms with Crippen LogP contribution in [0.5, 0.6) is 0 Å². The second-order valence-electron chi connectivity index (χ2n) is 9.69. The van der Waals surface area contributed by atoms with Crippen LogP contribution in [0, 0.1) is 0 Å². The van der Waals surface area contributed by atoms with Crippen LogP contribution >= 0.6 is 0 Å². The van der Waals surface area contributed by atoms with Crippen molar-refractivity contribution in [3.8, 4) is 22.3 Å². The molecule has 35 heavy (non-hydrogen) atoms. The van der Waals surface area contributed by atoms with E-state index in [1.807, 2.05) is 30.6 Å². The number of pyridine rings is 3. The standard InChI is InChI=1S/C31H18N4/c1-2-6-21-17(5-1)13-19-16-24-20(15-23(19)21)14-18-9-10-22-28(27(18)24)29-26(8-4-11-32-29)35-30(22)34-25-7-3-12-33-31(25)35/h1-12,15-16H,13-14H2. The van der Waals surface area contributed by atoms with E-state index < -0.39 is 0 Å². The number of nitrogens with zero attached hydrogens (tertiary/aromatic N) is 4. The average molecular weight is 447 g/mol. The van der Waals surface area contributed by atoms with Crippen LogP contribution in [0.25, 0.3) is 60.9 Å². The third-order valence-corrected chi connectivity index (χ3v) is 7.88. The van der Waals surface area contributed by atoms with Crippen molar-refractivity contribution in [2.75, 3.05) is 0 Å². The lowest BCUT2D eigenvalue weighted by Gasteiger charge is -2.13. The molecule has 4 heterocycles. The van der Waals surface area contributed by atoms with E-state index in [1.54, 1.807) is 0 Å². The Morgan fingerprint density at radius 3 is 2.46 bits per heavy atom. The van der Waals surface area contributed by atoms with Crippen molar-refractivity contribution < 1.29 is 0 Å². The molecule has 0 amide bonds. The molecular weight excluding hydrogens is 428 g/mol. The predicted octanol–water partition coefficient (Wildman–Crippen LogP) is 6.73. The first kappa shape index (κ1) is 17.8. The Balaban J connectivity index is 1.43. The van der Waals surface area contributed by atoms with E-state index >= 15 is 0 Å². The highest BCUT2D eigenvalue weighted by Crippen LogP contribution is 2.48. The zero-order valence-electron chi connectivity index (χ0n) is 18.8. The van der Waals surface area contributed by atoms with Crippen LogP contribution in [0.3, 0.4) is 0 Å². The Morgan fingerprint density at radius 1 is 0.629 bits per heavy atom. The van der Waals surface area contributed by atoms with Gasteiger partial charge in [-0.05, 0) is 93.7 Å². The number of rotatable bonds is 0. The molecule has 4 aromatic heterocycles. The van der Waals surface area contributed by atoms with Crippen molar-refractivity contribution >= 4 is 38.6 Å². The Bertz CT molecular complexity index is 2070. The molecule has 0 radical (unpaired) electrons. The molecule has 0 N–H and O–H groups in total. The molecule has 0 saturated carbocycles. The molecule has 0 aliphatic heterocycles. The van der Waals surface area contributed by atoms with Gasteiger partial charge >= 0.3 is 0 Å². The van der Waals surface area contributed by atoms with E-state index in [0.29, 0.717) is 0 Å². The van der Waals surface area contributed by atoms with Crippen molar-refractivity contribution in [2.24, 2.45) is 0 Å². The molecule has 0 saturated heterocycles. The van der Waals surface area contributed by atoms with Gasteiger partial charge in [0.25, 0.3) is 0 Å². The van der Waals surface area contributed by atoms with Crippen molar-refractivity contribution in [2.45, 2.75) is 12.8 Å². The number of imidazole rings is 1. The summed E-state index contributed by atoms with van der Waals surface area (Å²) in [6, 6.07) is 26.3. The lowest BCUT2D eigenvalue weighted by molar-refractivity contribution is 1.23. The molecule has 0 unspecified atom stereocenters. The quantitative estimate of drug-likeness (QED) is 0.243. The molecule has 2 aliphatic carbocycles. The lowest BCUT2D eigenvalue weighted by Crippen LogP contribution is -1.96. The van der Waals surface area contributed by atoms with Crippen LogP contribution in [-0.4, -0.2) is 19.4 Å². The molecule has 162 valence electrons. The number of aromatic nitrogens is 4. The monoisotopic (exact) mass is 446 g/mol. The molecule has 3 aromatic carbocycles. The van der Waals surface area contributed by atoms with E-state index in [9.17, 15) is 0 Å². The minimum absolute atomic E-state index is 0.874. The summed E-state index contributed by atoms with van der Waals surface area (Å²) in [5, 5.41) is 2.33. The Labute approximate surface area is 200 Å². The lowest BCUT2D eigenvalue weighted by atomic mass is 9.94. The molecule has 0 bridgehead atoms. The van der Waals surface area contributed by atoms with E-state index in [0.717, 1.165) is 46.1 Å². The average Bonchev–Trinajstić information content (AvgIpc) is 3.58. The summed E-state index contributed by atoms with van der Waals surface area (Å²) in [6.45, 7) is 0. The summed E-state index contributed by atoms with van der Waals surface area (Å²) in [5.74, 6) is 0. The van der Waals surface area contributed by atoms with Gasteiger partial charge in [0.15, 0.2) is 5.65 Å². The molecule has 4 heteroatoms. The van der Waals surface area contributed by atoms with Crippen LogP contribution in [0.15, 0.2) is 85.2 Å². The first-order valence-corrected chi connectivity index (χ1v) is 12.0. The minimum Gasteiger partial charge on any atom is -0.274 e. The zero-order chi connectivity index (χ0) is 22.7. The van der Waals surface area contributed by atoms with Crippen LogP contribution in [-0.2, 0) is 12.8 Å². The summed E-state index contributed by atoms with van der Waals surface area (Å²) in [5.41, 5.74) is 15.9. The van der Waals surface area contributed by atoms with Gasteiger partial charge in [-0.15, -0.1) is 0 Å². The van der Waals surface area contributed by atoms with Crippen molar-refractivity contribution in [3.63, 3.8) is 0 Å². The molecular formula is C31H18N4. The maximum atomic E-state index is 5.03. The van der Waals surface area contributed by atoms with E-state index in [2.05, 4.69) is 64.0 Å². The summed E-state index contributed by atoms with van der Waals surface area (Å²) < 4.78 is 2.17. The maximum Gasteiger partial charge on any atom is 0.165 e. The molecule has 0 spiro atoms. The first-order valence-electron chi connectivity index (χ1n) is 12.0. The van der Waals surface area contributed by atoms with Crippen molar-refractivity contribution in [1.82, 2.24) is 19.4 Å². The third-order valence-electron chi connectivity index (χ3n) is 7.88. The topological polar surface area (TPSA) is 43.1 Å². The van der Waals surface area contributed by atoms with Crippen LogP contribution in [0.4, 0.5) is 0 Å². The fraction of sp³-hybridized carbons (Fsp3) is 0.0645. The predicted molar refractivity (Wildman–Crippen MR) is 140 cm³/mol. The molecule has 0 fully saturated rings. The number of fused-ring (bicyclic) bond motifs is 15.